The van der Waals surface area contributed by atoms with Gasteiger partial charge in [0.25, 0.3) is 0 Å². The molecule has 1 saturated heterocycles. The van der Waals surface area contributed by atoms with Gasteiger partial charge in [0.15, 0.2) is 0 Å². The first-order chi connectivity index (χ1) is 7.36. The topological polar surface area (TPSA) is 20.3 Å². The zero-order valence-corrected chi connectivity index (χ0v) is 9.45. The van der Waals surface area contributed by atoms with Crippen molar-refractivity contribution in [2.75, 3.05) is 13.1 Å². The molecule has 2 bridgehead atoms. The first-order valence-corrected chi connectivity index (χ1v) is 6.64. The number of nitrogens with zero attached hydrogens (tertiary/aromatic N) is 1. The zero-order valence-electron chi connectivity index (χ0n) is 9.45. The summed E-state index contributed by atoms with van der Waals surface area (Å²) in [7, 11) is 0. The van der Waals surface area contributed by atoms with Crippen molar-refractivity contribution < 1.29 is 4.79 Å². The summed E-state index contributed by atoms with van der Waals surface area (Å²) in [6.07, 6.45) is 8.93. The van der Waals surface area contributed by atoms with Gasteiger partial charge in [-0.25, -0.2) is 0 Å². The van der Waals surface area contributed by atoms with Crippen LogP contribution in [-0.2, 0) is 4.79 Å². The number of hydrogen-bond acceptors (Lipinski definition) is 2. The SMILES string of the molecule is O=C1[C@@H]2CC[C@H]1[C@H](N1CCCCC1)CC2. The molecule has 1 aliphatic heterocycles. The second-order valence-electron chi connectivity index (χ2n) is 5.52. The van der Waals surface area contributed by atoms with E-state index in [1.807, 2.05) is 0 Å². The van der Waals surface area contributed by atoms with E-state index in [0.29, 0.717) is 23.7 Å². The van der Waals surface area contributed by atoms with Crippen molar-refractivity contribution in [3.63, 3.8) is 0 Å². The van der Waals surface area contributed by atoms with Crippen LogP contribution in [0.5, 0.6) is 0 Å². The summed E-state index contributed by atoms with van der Waals surface area (Å²) in [5.41, 5.74) is 0. The molecule has 2 heteroatoms. The summed E-state index contributed by atoms with van der Waals surface area (Å²) in [6, 6.07) is 0.622. The van der Waals surface area contributed by atoms with Crippen molar-refractivity contribution in [3.8, 4) is 0 Å². The van der Waals surface area contributed by atoms with Crippen LogP contribution in [0, 0.1) is 11.8 Å². The Morgan fingerprint density at radius 1 is 0.933 bits per heavy atom. The van der Waals surface area contributed by atoms with Gasteiger partial charge in [0, 0.05) is 17.9 Å². The predicted octanol–water partition coefficient (Wildman–Crippen LogP) is 2.23. The molecule has 0 N–H and O–H groups in total. The molecule has 3 fully saturated rings. The van der Waals surface area contributed by atoms with Crippen molar-refractivity contribution in [2.24, 2.45) is 11.8 Å². The lowest BCUT2D eigenvalue weighted by Gasteiger charge is -2.39. The molecular weight excluding hydrogens is 186 g/mol. The maximum absolute atomic E-state index is 12.0. The van der Waals surface area contributed by atoms with Gasteiger partial charge in [-0.15, -0.1) is 0 Å². The van der Waals surface area contributed by atoms with Crippen LogP contribution in [-0.4, -0.2) is 29.8 Å². The first-order valence-electron chi connectivity index (χ1n) is 6.64. The van der Waals surface area contributed by atoms with Crippen LogP contribution in [0.3, 0.4) is 0 Å². The minimum absolute atomic E-state index is 0.418. The van der Waals surface area contributed by atoms with Crippen LogP contribution in [0.2, 0.25) is 0 Å². The highest BCUT2D eigenvalue weighted by Gasteiger charge is 2.44. The fourth-order valence-corrected chi connectivity index (χ4v) is 3.90. The third-order valence-electron chi connectivity index (χ3n) is 4.73. The fourth-order valence-electron chi connectivity index (χ4n) is 3.90. The van der Waals surface area contributed by atoms with E-state index < -0.39 is 0 Å². The number of likely N-dealkylation sites (tertiary alicyclic amines) is 1. The Hall–Kier alpha value is -0.370. The first kappa shape index (κ1) is 9.83. The summed E-state index contributed by atoms with van der Waals surface area (Å²) in [5.74, 6) is 1.48. The molecule has 3 rings (SSSR count). The Labute approximate surface area is 92.0 Å². The Morgan fingerprint density at radius 2 is 1.67 bits per heavy atom. The average Bonchev–Trinajstić information content (AvgIpc) is 2.54. The number of ketones is 1. The lowest BCUT2D eigenvalue weighted by molar-refractivity contribution is -0.128. The van der Waals surface area contributed by atoms with Gasteiger partial charge < -0.3 is 0 Å². The number of rotatable bonds is 1. The molecule has 3 aliphatic rings. The van der Waals surface area contributed by atoms with Gasteiger partial charge >= 0.3 is 0 Å². The predicted molar refractivity (Wildman–Crippen MR) is 59.7 cm³/mol. The van der Waals surface area contributed by atoms with Crippen LogP contribution in [0.1, 0.15) is 44.9 Å². The Kier molecular flexibility index (Phi) is 2.55. The van der Waals surface area contributed by atoms with Crippen molar-refractivity contribution in [3.05, 3.63) is 0 Å². The molecule has 0 aromatic rings. The second kappa shape index (κ2) is 3.89. The number of piperidine rings is 1. The van der Waals surface area contributed by atoms with Crippen molar-refractivity contribution in [1.82, 2.24) is 4.90 Å². The van der Waals surface area contributed by atoms with Crippen molar-refractivity contribution in [1.29, 1.82) is 0 Å². The molecule has 2 aliphatic carbocycles. The van der Waals surface area contributed by atoms with E-state index in [-0.39, 0.29) is 0 Å². The van der Waals surface area contributed by atoms with Gasteiger partial charge in [0.1, 0.15) is 5.78 Å². The van der Waals surface area contributed by atoms with Gasteiger partial charge in [-0.05, 0) is 51.6 Å². The number of Topliss-reactive ketones (excluding diaryl/α,β-unsaturated/α-hetero) is 1. The van der Waals surface area contributed by atoms with Crippen LogP contribution in [0.15, 0.2) is 0 Å². The van der Waals surface area contributed by atoms with Gasteiger partial charge in [0.05, 0.1) is 0 Å². The highest BCUT2D eigenvalue weighted by Crippen LogP contribution is 2.41. The number of carbonyl (C=O) groups is 1. The fraction of sp³-hybridized carbons (Fsp3) is 0.923. The summed E-state index contributed by atoms with van der Waals surface area (Å²) >= 11 is 0. The third kappa shape index (κ3) is 1.63. The summed E-state index contributed by atoms with van der Waals surface area (Å²) < 4.78 is 0. The monoisotopic (exact) mass is 207 g/mol. The van der Waals surface area contributed by atoms with Gasteiger partial charge in [-0.3, -0.25) is 9.69 Å². The minimum Gasteiger partial charge on any atom is -0.300 e. The Morgan fingerprint density at radius 3 is 2.47 bits per heavy atom. The van der Waals surface area contributed by atoms with Crippen LogP contribution in [0.4, 0.5) is 0 Å². The van der Waals surface area contributed by atoms with Crippen molar-refractivity contribution in [2.45, 2.75) is 51.0 Å². The molecular formula is C13H21NO. The lowest BCUT2D eigenvalue weighted by atomic mass is 9.82. The molecule has 2 nitrogen and oxygen atoms in total. The molecule has 1 heterocycles. The molecule has 3 atom stereocenters. The largest absolute Gasteiger partial charge is 0.300 e. The second-order valence-corrected chi connectivity index (χ2v) is 5.52. The highest BCUT2D eigenvalue weighted by molar-refractivity contribution is 5.86. The summed E-state index contributed by atoms with van der Waals surface area (Å²) in [5, 5.41) is 0. The third-order valence-corrected chi connectivity index (χ3v) is 4.73. The van der Waals surface area contributed by atoms with Gasteiger partial charge in [0.2, 0.25) is 0 Å². The van der Waals surface area contributed by atoms with Gasteiger partial charge in [-0.1, -0.05) is 6.42 Å². The maximum Gasteiger partial charge on any atom is 0.140 e. The lowest BCUT2D eigenvalue weighted by Crippen LogP contribution is -2.47. The molecule has 0 amide bonds. The smallest absolute Gasteiger partial charge is 0.140 e. The van der Waals surface area contributed by atoms with Gasteiger partial charge in [-0.2, -0.15) is 0 Å². The molecule has 0 spiro atoms. The molecule has 0 aromatic heterocycles. The van der Waals surface area contributed by atoms with E-state index in [9.17, 15) is 4.79 Å². The van der Waals surface area contributed by atoms with E-state index in [0.717, 1.165) is 0 Å². The molecule has 84 valence electrons. The van der Waals surface area contributed by atoms with Crippen LogP contribution < -0.4 is 0 Å². The number of fused-ring (bicyclic) bond motifs is 2. The standard InChI is InChI=1S/C13H21NO/c15-13-10-4-6-11(13)12(7-5-10)14-8-2-1-3-9-14/h10-12H,1-9H2/t10-,11+,12-/m1/s1. The number of hydrogen-bond donors (Lipinski definition) is 0. The molecule has 15 heavy (non-hydrogen) atoms. The minimum atomic E-state index is 0.418. The average molecular weight is 207 g/mol. The molecule has 0 radical (unpaired) electrons. The summed E-state index contributed by atoms with van der Waals surface area (Å²) in [4.78, 5) is 14.6. The van der Waals surface area contributed by atoms with E-state index in [1.165, 1.54) is 58.0 Å². The van der Waals surface area contributed by atoms with E-state index in [2.05, 4.69) is 4.90 Å². The maximum atomic E-state index is 12.0. The van der Waals surface area contributed by atoms with E-state index in [4.69, 9.17) is 0 Å². The molecule has 0 unspecified atom stereocenters. The Bertz CT molecular complexity index is 257. The molecule has 0 aromatic carbocycles. The van der Waals surface area contributed by atoms with E-state index in [1.54, 1.807) is 0 Å². The highest BCUT2D eigenvalue weighted by atomic mass is 16.1. The van der Waals surface area contributed by atoms with Crippen molar-refractivity contribution >= 4 is 5.78 Å². The normalized spacial score (nSPS) is 42.1. The quantitative estimate of drug-likeness (QED) is 0.657. The van der Waals surface area contributed by atoms with E-state index >= 15 is 0 Å². The molecule has 2 saturated carbocycles. The van der Waals surface area contributed by atoms with Crippen LogP contribution in [0.25, 0.3) is 0 Å². The zero-order chi connectivity index (χ0) is 10.3. The number of carbonyl (C=O) groups excluding carboxylic acids is 1. The Balaban J connectivity index is 1.72. The van der Waals surface area contributed by atoms with Crippen LogP contribution >= 0.6 is 0 Å². The summed E-state index contributed by atoms with van der Waals surface area (Å²) in [6.45, 7) is 2.50.